The van der Waals surface area contributed by atoms with Crippen molar-refractivity contribution in [2.24, 2.45) is 5.92 Å². The average molecular weight is 203 g/mol. The highest BCUT2D eigenvalue weighted by Gasteiger charge is 2.27. The van der Waals surface area contributed by atoms with Crippen LogP contribution >= 0.6 is 0 Å². The van der Waals surface area contributed by atoms with Crippen LogP contribution in [0, 0.1) is 5.92 Å². The van der Waals surface area contributed by atoms with Gasteiger partial charge in [0.1, 0.15) is 0 Å². The normalized spacial score (nSPS) is 26.3. The van der Waals surface area contributed by atoms with E-state index < -0.39 is 0 Å². The van der Waals surface area contributed by atoms with Gasteiger partial charge in [-0.25, -0.2) is 0 Å². The lowest BCUT2D eigenvalue weighted by Gasteiger charge is -2.26. The van der Waals surface area contributed by atoms with Crippen LogP contribution in [0.15, 0.2) is 30.3 Å². The average Bonchev–Trinajstić information content (AvgIpc) is 2.26. The van der Waals surface area contributed by atoms with Crippen LogP contribution in [0.4, 0.5) is 5.69 Å². The van der Waals surface area contributed by atoms with Gasteiger partial charge in [0.15, 0.2) is 5.78 Å². The predicted molar refractivity (Wildman–Crippen MR) is 61.9 cm³/mol. The van der Waals surface area contributed by atoms with E-state index in [1.165, 1.54) is 0 Å². The van der Waals surface area contributed by atoms with Crippen molar-refractivity contribution < 1.29 is 4.79 Å². The summed E-state index contributed by atoms with van der Waals surface area (Å²) in [5.41, 5.74) is 1.05. The highest BCUT2D eigenvalue weighted by atomic mass is 16.1. The fourth-order valence-electron chi connectivity index (χ4n) is 2.13. The number of benzene rings is 1. The SMILES string of the molecule is CC1CCCC(Nc2ccccc2)C1=O. The van der Waals surface area contributed by atoms with Crippen molar-refractivity contribution in [3.8, 4) is 0 Å². The summed E-state index contributed by atoms with van der Waals surface area (Å²) in [5.74, 6) is 0.588. The van der Waals surface area contributed by atoms with Crippen molar-refractivity contribution in [3.05, 3.63) is 30.3 Å². The molecule has 1 aliphatic rings. The van der Waals surface area contributed by atoms with Gasteiger partial charge in [-0.3, -0.25) is 4.79 Å². The van der Waals surface area contributed by atoms with Gasteiger partial charge in [-0.15, -0.1) is 0 Å². The fourth-order valence-corrected chi connectivity index (χ4v) is 2.13. The second-order valence-corrected chi connectivity index (χ2v) is 4.30. The first-order chi connectivity index (χ1) is 7.27. The van der Waals surface area contributed by atoms with Gasteiger partial charge >= 0.3 is 0 Å². The smallest absolute Gasteiger partial charge is 0.157 e. The first-order valence-corrected chi connectivity index (χ1v) is 5.62. The van der Waals surface area contributed by atoms with Gasteiger partial charge in [-0.1, -0.05) is 31.5 Å². The number of rotatable bonds is 2. The molecule has 0 bridgehead atoms. The third-order valence-corrected chi connectivity index (χ3v) is 3.07. The summed E-state index contributed by atoms with van der Waals surface area (Å²) in [7, 11) is 0. The maximum atomic E-state index is 11.9. The molecule has 0 heterocycles. The molecule has 80 valence electrons. The lowest BCUT2D eigenvalue weighted by molar-refractivity contribution is -0.124. The number of anilines is 1. The van der Waals surface area contributed by atoms with E-state index in [4.69, 9.17) is 0 Å². The van der Waals surface area contributed by atoms with Crippen molar-refractivity contribution in [3.63, 3.8) is 0 Å². The Morgan fingerprint density at radius 1 is 1.20 bits per heavy atom. The summed E-state index contributed by atoms with van der Waals surface area (Å²) >= 11 is 0. The van der Waals surface area contributed by atoms with Crippen LogP contribution < -0.4 is 5.32 Å². The molecule has 2 atom stereocenters. The van der Waals surface area contributed by atoms with Crippen LogP contribution in [0.1, 0.15) is 26.2 Å². The number of para-hydroxylation sites is 1. The van der Waals surface area contributed by atoms with Crippen molar-refractivity contribution in [2.75, 3.05) is 5.32 Å². The fraction of sp³-hybridized carbons (Fsp3) is 0.462. The first kappa shape index (κ1) is 10.2. The Kier molecular flexibility index (Phi) is 3.05. The number of carbonyl (C=O) groups excluding carboxylic acids is 1. The maximum Gasteiger partial charge on any atom is 0.157 e. The van der Waals surface area contributed by atoms with Crippen LogP contribution in [0.5, 0.6) is 0 Å². The van der Waals surface area contributed by atoms with E-state index in [0.717, 1.165) is 24.9 Å². The highest BCUT2D eigenvalue weighted by molar-refractivity contribution is 5.89. The molecule has 2 rings (SSSR count). The third kappa shape index (κ3) is 2.38. The van der Waals surface area contributed by atoms with Crippen molar-refractivity contribution in [2.45, 2.75) is 32.2 Å². The minimum absolute atomic E-state index is 0.0242. The van der Waals surface area contributed by atoms with E-state index in [1.807, 2.05) is 37.3 Å². The number of ketones is 1. The summed E-state index contributed by atoms with van der Waals surface area (Å²) in [4.78, 5) is 11.9. The molecular weight excluding hydrogens is 186 g/mol. The number of nitrogens with one attached hydrogen (secondary N) is 1. The number of carbonyl (C=O) groups is 1. The molecule has 1 aromatic carbocycles. The molecule has 2 heteroatoms. The summed E-state index contributed by atoms with van der Waals surface area (Å²) in [6.45, 7) is 2.03. The van der Waals surface area contributed by atoms with Crippen LogP contribution in [-0.2, 0) is 4.79 Å². The van der Waals surface area contributed by atoms with E-state index in [-0.39, 0.29) is 12.0 Å². The van der Waals surface area contributed by atoms with Gasteiger partial charge in [0.25, 0.3) is 0 Å². The van der Waals surface area contributed by atoms with Crippen LogP contribution in [-0.4, -0.2) is 11.8 Å². The van der Waals surface area contributed by atoms with E-state index >= 15 is 0 Å². The summed E-state index contributed by atoms with van der Waals surface area (Å²) in [6.07, 6.45) is 3.17. The maximum absolute atomic E-state index is 11.9. The Hall–Kier alpha value is -1.31. The van der Waals surface area contributed by atoms with Gasteiger partial charge in [0.05, 0.1) is 6.04 Å². The summed E-state index contributed by atoms with van der Waals surface area (Å²) in [5, 5.41) is 3.31. The van der Waals surface area contributed by atoms with Gasteiger partial charge in [0, 0.05) is 11.6 Å². The Labute approximate surface area is 90.7 Å². The highest BCUT2D eigenvalue weighted by Crippen LogP contribution is 2.23. The molecule has 0 amide bonds. The molecule has 1 saturated carbocycles. The monoisotopic (exact) mass is 203 g/mol. The van der Waals surface area contributed by atoms with Crippen molar-refractivity contribution >= 4 is 11.5 Å². The molecule has 2 unspecified atom stereocenters. The molecular formula is C13H17NO. The van der Waals surface area contributed by atoms with E-state index in [2.05, 4.69) is 5.32 Å². The van der Waals surface area contributed by atoms with Crippen LogP contribution in [0.25, 0.3) is 0 Å². The second-order valence-electron chi connectivity index (χ2n) is 4.30. The number of hydrogen-bond acceptors (Lipinski definition) is 2. The Balaban J connectivity index is 2.03. The minimum atomic E-state index is 0.0242. The molecule has 0 spiro atoms. The molecule has 1 fully saturated rings. The van der Waals surface area contributed by atoms with Gasteiger partial charge in [-0.05, 0) is 25.0 Å². The molecule has 1 aliphatic carbocycles. The van der Waals surface area contributed by atoms with E-state index in [1.54, 1.807) is 0 Å². The Morgan fingerprint density at radius 3 is 2.67 bits per heavy atom. The van der Waals surface area contributed by atoms with Gasteiger partial charge in [0.2, 0.25) is 0 Å². The largest absolute Gasteiger partial charge is 0.375 e. The van der Waals surface area contributed by atoms with E-state index in [9.17, 15) is 4.79 Å². The van der Waals surface area contributed by atoms with Crippen molar-refractivity contribution in [1.29, 1.82) is 0 Å². The zero-order chi connectivity index (χ0) is 10.7. The molecule has 0 aliphatic heterocycles. The number of hydrogen-bond donors (Lipinski definition) is 1. The van der Waals surface area contributed by atoms with Gasteiger partial charge in [-0.2, -0.15) is 0 Å². The first-order valence-electron chi connectivity index (χ1n) is 5.62. The molecule has 2 nitrogen and oxygen atoms in total. The lowest BCUT2D eigenvalue weighted by atomic mass is 9.85. The Bertz CT molecular complexity index is 334. The van der Waals surface area contributed by atoms with Crippen LogP contribution in [0.3, 0.4) is 0 Å². The summed E-state index contributed by atoms with van der Waals surface area (Å²) < 4.78 is 0. The Morgan fingerprint density at radius 2 is 1.93 bits per heavy atom. The van der Waals surface area contributed by atoms with Crippen LogP contribution in [0.2, 0.25) is 0 Å². The van der Waals surface area contributed by atoms with E-state index in [0.29, 0.717) is 5.78 Å². The van der Waals surface area contributed by atoms with Gasteiger partial charge < -0.3 is 5.32 Å². The second kappa shape index (κ2) is 4.47. The summed E-state index contributed by atoms with van der Waals surface area (Å²) in [6, 6.07) is 9.99. The molecule has 0 aromatic heterocycles. The molecule has 1 N–H and O–H groups in total. The molecule has 0 radical (unpaired) electrons. The third-order valence-electron chi connectivity index (χ3n) is 3.07. The quantitative estimate of drug-likeness (QED) is 0.800. The predicted octanol–water partition coefficient (Wildman–Crippen LogP) is 2.86. The molecule has 1 aromatic rings. The zero-order valence-corrected chi connectivity index (χ0v) is 9.07. The molecule has 15 heavy (non-hydrogen) atoms. The van der Waals surface area contributed by atoms with Crippen molar-refractivity contribution in [1.82, 2.24) is 0 Å². The number of Topliss-reactive ketones (excluding diaryl/α,β-unsaturated/α-hetero) is 1. The molecule has 0 saturated heterocycles. The zero-order valence-electron chi connectivity index (χ0n) is 9.07. The minimum Gasteiger partial charge on any atom is -0.375 e. The topological polar surface area (TPSA) is 29.1 Å². The lowest BCUT2D eigenvalue weighted by Crippen LogP contribution is -2.37. The standard InChI is InChI=1S/C13H17NO/c1-10-6-5-9-12(13(10)15)14-11-7-3-2-4-8-11/h2-4,7-8,10,12,14H,5-6,9H2,1H3.